The molecule has 0 aromatic heterocycles. The van der Waals surface area contributed by atoms with Gasteiger partial charge in [-0.2, -0.15) is 0 Å². The molecule has 4 aliphatic rings. The van der Waals surface area contributed by atoms with Crippen LogP contribution in [0.25, 0.3) is 0 Å². The molecule has 4 aliphatic heterocycles. The van der Waals surface area contributed by atoms with Crippen LogP contribution in [0.15, 0.2) is 0 Å². The normalized spacial score (nSPS) is 36.3. The first-order valence-corrected chi connectivity index (χ1v) is 24.7. The molecular formula is C43H79N5O27. The van der Waals surface area contributed by atoms with Gasteiger partial charge in [-0.15, -0.1) is 0 Å². The van der Waals surface area contributed by atoms with Crippen LogP contribution < -0.4 is 11.1 Å². The summed E-state index contributed by atoms with van der Waals surface area (Å²) >= 11 is 0. The summed E-state index contributed by atoms with van der Waals surface area (Å²) in [4.78, 5) is 45.5. The van der Waals surface area contributed by atoms with Crippen LogP contribution in [0.5, 0.6) is 0 Å². The molecule has 19 N–H and O–H groups in total. The van der Waals surface area contributed by atoms with Crippen molar-refractivity contribution in [2.45, 2.75) is 142 Å². The minimum Gasteiger partial charge on any atom is -0.394 e. The van der Waals surface area contributed by atoms with Gasteiger partial charge < -0.3 is 140 Å². The minimum absolute atomic E-state index is 0.196. The molecule has 0 aromatic carbocycles. The lowest BCUT2D eigenvalue weighted by Gasteiger charge is -2.40. The molecule has 0 aromatic rings. The van der Waals surface area contributed by atoms with Gasteiger partial charge in [0.15, 0.2) is 25.2 Å². The molecule has 32 nitrogen and oxygen atoms in total. The summed E-state index contributed by atoms with van der Waals surface area (Å²) in [6, 6.07) is 0. The number of ether oxygens (including phenoxy) is 8. The summed E-state index contributed by atoms with van der Waals surface area (Å²) in [5, 5.41) is 165. The van der Waals surface area contributed by atoms with E-state index in [4.69, 9.17) is 43.6 Å². The zero-order chi connectivity index (χ0) is 55.5. The number of aliphatic hydroxyl groups is 16. The number of nitrogens with zero attached hydrogens (tertiary/aromatic N) is 3. The van der Waals surface area contributed by atoms with Gasteiger partial charge in [0.05, 0.1) is 72.5 Å². The highest BCUT2D eigenvalue weighted by atomic mass is 16.7. The maximum Gasteiger partial charge on any atom is 0.236 e. The van der Waals surface area contributed by atoms with E-state index in [9.17, 15) is 96.1 Å². The average Bonchev–Trinajstić information content (AvgIpc) is 3.39. The molecule has 438 valence electrons. The topological polar surface area (TPSA) is 497 Å². The molecule has 4 heterocycles. The highest BCUT2D eigenvalue weighted by Crippen LogP contribution is 2.26. The third kappa shape index (κ3) is 18.5. The van der Waals surface area contributed by atoms with Gasteiger partial charge in [0.25, 0.3) is 0 Å². The highest BCUT2D eigenvalue weighted by molar-refractivity contribution is 5.84. The Morgan fingerprint density at radius 3 is 0.973 bits per heavy atom. The van der Waals surface area contributed by atoms with Crippen LogP contribution in [-0.2, 0) is 52.3 Å². The van der Waals surface area contributed by atoms with Crippen LogP contribution in [0.1, 0.15) is 19.3 Å². The largest absolute Gasteiger partial charge is 0.394 e. The van der Waals surface area contributed by atoms with E-state index in [0.717, 1.165) is 14.7 Å². The molecule has 3 amide bonds. The van der Waals surface area contributed by atoms with Gasteiger partial charge in [-0.25, -0.2) is 0 Å². The van der Waals surface area contributed by atoms with E-state index in [-0.39, 0.29) is 32.7 Å². The molecule has 4 fully saturated rings. The van der Waals surface area contributed by atoms with E-state index in [2.05, 4.69) is 5.32 Å². The van der Waals surface area contributed by atoms with E-state index in [1.54, 1.807) is 0 Å². The van der Waals surface area contributed by atoms with Crippen LogP contribution in [0.2, 0.25) is 0 Å². The van der Waals surface area contributed by atoms with E-state index < -0.39 is 213 Å². The van der Waals surface area contributed by atoms with Gasteiger partial charge in [0.2, 0.25) is 17.7 Å². The Kier molecular flexibility index (Phi) is 28.1. The Bertz CT molecular complexity index is 1480. The molecule has 0 radical (unpaired) electrons. The molecule has 0 spiro atoms. The molecule has 0 saturated carbocycles. The highest BCUT2D eigenvalue weighted by Gasteiger charge is 2.47. The van der Waals surface area contributed by atoms with Crippen LogP contribution >= 0.6 is 0 Å². The number of unbranched alkanes of at least 4 members (excludes halogenated alkanes) is 2. The molecule has 5 unspecified atom stereocenters. The van der Waals surface area contributed by atoms with Crippen LogP contribution in [0.4, 0.5) is 0 Å². The molecule has 32 heteroatoms. The lowest BCUT2D eigenvalue weighted by atomic mass is 9.99. The Labute approximate surface area is 430 Å². The van der Waals surface area contributed by atoms with Gasteiger partial charge in [-0.1, -0.05) is 6.42 Å². The van der Waals surface area contributed by atoms with E-state index in [1.165, 1.54) is 0 Å². The lowest BCUT2D eigenvalue weighted by Crippen LogP contribution is -2.59. The summed E-state index contributed by atoms with van der Waals surface area (Å²) in [5.74, 6) is -2.25. The molecule has 4 rings (SSSR count). The molecule has 0 aliphatic carbocycles. The summed E-state index contributed by atoms with van der Waals surface area (Å²) in [7, 11) is 0. The fraction of sp³-hybridized carbons (Fsp3) is 0.930. The second-order valence-corrected chi connectivity index (χ2v) is 18.4. The smallest absolute Gasteiger partial charge is 0.236 e. The number of hydrogen-bond donors (Lipinski definition) is 18. The monoisotopic (exact) mass is 1100 g/mol. The number of hydrogen-bond acceptors (Lipinski definition) is 29. The predicted octanol–water partition coefficient (Wildman–Crippen LogP) is -12.5. The molecule has 4 saturated heterocycles. The Hall–Kier alpha value is -2.63. The minimum atomic E-state index is -1.81. The number of amides is 3. The summed E-state index contributed by atoms with van der Waals surface area (Å²) in [5.41, 5.74) is 5.58. The quantitative estimate of drug-likeness (QED) is 0.0287. The zero-order valence-electron chi connectivity index (χ0n) is 41.3. The van der Waals surface area contributed by atoms with E-state index in [1.807, 2.05) is 0 Å². The predicted molar refractivity (Wildman–Crippen MR) is 244 cm³/mol. The van der Waals surface area contributed by atoms with Crippen molar-refractivity contribution in [3.05, 3.63) is 0 Å². The fourth-order valence-corrected chi connectivity index (χ4v) is 8.34. The number of nitrogens with one attached hydrogen (secondary N) is 1. The van der Waals surface area contributed by atoms with Gasteiger partial charge >= 0.3 is 0 Å². The van der Waals surface area contributed by atoms with Gasteiger partial charge in [0, 0.05) is 32.7 Å². The number of rotatable bonds is 31. The third-order valence-corrected chi connectivity index (χ3v) is 13.0. The second kappa shape index (κ2) is 32.4. The van der Waals surface area contributed by atoms with Crippen molar-refractivity contribution in [2.24, 2.45) is 5.73 Å². The van der Waals surface area contributed by atoms with Crippen molar-refractivity contribution in [2.75, 3.05) is 112 Å². The summed E-state index contributed by atoms with van der Waals surface area (Å²) in [6.07, 6.45) is -31.3. The summed E-state index contributed by atoms with van der Waals surface area (Å²) in [6.45, 7) is -7.82. The lowest BCUT2D eigenvalue weighted by molar-refractivity contribution is -0.303. The number of carbonyl (C=O) groups excluding carboxylic acids is 3. The number of nitrogens with two attached hydrogens (primary N) is 1. The van der Waals surface area contributed by atoms with Crippen molar-refractivity contribution < 1.29 is 134 Å². The fourth-order valence-electron chi connectivity index (χ4n) is 8.34. The number of aliphatic hydroxyl groups excluding tert-OH is 16. The average molecular weight is 1100 g/mol. The molecule has 20 atom stereocenters. The molecule has 0 bridgehead atoms. The number of carbonyl (C=O) groups is 3. The van der Waals surface area contributed by atoms with Crippen molar-refractivity contribution in [3.8, 4) is 0 Å². The van der Waals surface area contributed by atoms with Crippen molar-refractivity contribution >= 4 is 17.7 Å². The van der Waals surface area contributed by atoms with Crippen molar-refractivity contribution in [1.82, 2.24) is 20.0 Å². The SMILES string of the molecule is NCCCCCNC(=O)CN(CC(=O)N(CCOC1OC(CO)C(O)C(O)C1O)CCO[C@H]1O[C@H](CO)[C@@H](O)[C@H](O)[C@@H]1O)CC(=O)N(CCO[C@H]1O[C@H](CO)[C@@H](O)[C@H](O)[C@@H]1O)CCO[C@H]1O[C@H](CO)[C@@H](O)[C@H](O)[C@@H]1O. The first kappa shape index (κ1) is 64.9. The van der Waals surface area contributed by atoms with E-state index in [0.29, 0.717) is 25.8 Å². The van der Waals surface area contributed by atoms with Crippen molar-refractivity contribution in [3.63, 3.8) is 0 Å². The Morgan fingerprint density at radius 1 is 0.413 bits per heavy atom. The Balaban J connectivity index is 1.57. The van der Waals surface area contributed by atoms with Crippen molar-refractivity contribution in [1.29, 1.82) is 0 Å². The maximum atomic E-state index is 14.4. The van der Waals surface area contributed by atoms with Crippen LogP contribution in [-0.4, -0.2) is 349 Å². The maximum absolute atomic E-state index is 14.4. The standard InChI is InChI=1S/C43H79N5O27/c44-4-2-1-3-5-45-25(53)14-46(15-26(54)47(6-10-68-40-36(64)32(60)28(56)21(17-49)72-40)7-11-69-41-37(65)33(61)29(57)22(18-50)73-41)16-27(55)48(8-12-70-42-38(66)34(62)30(58)23(19-51)74-42)9-13-71-43-39(67)35(63)31(59)24(20-52)75-43/h21-24,28-43,49-52,56-67H,1-20,44H2,(H,45,53)/t21-,22-,23-,24?,28-,29-,30-,31?,32+,33+,34+,35?,36+,37+,38+,39?,40+,41+,42+,43?/m1/s1. The van der Waals surface area contributed by atoms with Gasteiger partial charge in [0.1, 0.15) is 97.7 Å². The summed E-state index contributed by atoms with van der Waals surface area (Å²) < 4.78 is 44.0. The third-order valence-electron chi connectivity index (χ3n) is 13.0. The van der Waals surface area contributed by atoms with Crippen LogP contribution in [0.3, 0.4) is 0 Å². The molecular weight excluding hydrogens is 1020 g/mol. The van der Waals surface area contributed by atoms with Crippen LogP contribution in [0, 0.1) is 0 Å². The van der Waals surface area contributed by atoms with Gasteiger partial charge in [-0.3, -0.25) is 19.3 Å². The first-order valence-electron chi connectivity index (χ1n) is 24.7. The molecule has 75 heavy (non-hydrogen) atoms. The van der Waals surface area contributed by atoms with Gasteiger partial charge in [-0.05, 0) is 19.4 Å². The zero-order valence-corrected chi connectivity index (χ0v) is 41.3. The van der Waals surface area contributed by atoms with E-state index >= 15 is 0 Å². The first-order chi connectivity index (χ1) is 35.7. The second-order valence-electron chi connectivity index (χ2n) is 18.4. The Morgan fingerprint density at radius 2 is 0.707 bits per heavy atom.